The molecule has 0 bridgehead atoms. The van der Waals surface area contributed by atoms with Gasteiger partial charge in [0.05, 0.1) is 0 Å². The SMILES string of the molecule is CC1(C)NC(=O)N(CCN2CCC[C@@H]3CCCC[C@H]32)C1=O. The lowest BCUT2D eigenvalue weighted by Gasteiger charge is -2.44. The molecule has 1 aliphatic carbocycles. The number of piperidine rings is 1. The van der Waals surface area contributed by atoms with Crippen LogP contribution in [0.2, 0.25) is 0 Å². The Morgan fingerprint density at radius 2 is 1.81 bits per heavy atom. The van der Waals surface area contributed by atoms with Gasteiger partial charge in [-0.2, -0.15) is 0 Å². The van der Waals surface area contributed by atoms with Crippen molar-refractivity contribution in [1.82, 2.24) is 15.1 Å². The highest BCUT2D eigenvalue weighted by atomic mass is 16.2. The molecule has 2 heterocycles. The quantitative estimate of drug-likeness (QED) is 0.809. The van der Waals surface area contributed by atoms with E-state index >= 15 is 0 Å². The molecule has 3 amide bonds. The van der Waals surface area contributed by atoms with Crippen LogP contribution in [0.25, 0.3) is 0 Å². The maximum atomic E-state index is 12.2. The van der Waals surface area contributed by atoms with Crippen molar-refractivity contribution in [2.75, 3.05) is 19.6 Å². The molecule has 2 atom stereocenters. The average molecular weight is 293 g/mol. The highest BCUT2D eigenvalue weighted by Crippen LogP contribution is 2.35. The molecule has 1 N–H and O–H groups in total. The normalized spacial score (nSPS) is 33.0. The smallest absolute Gasteiger partial charge is 0.324 e. The molecule has 2 aliphatic heterocycles. The number of likely N-dealkylation sites (tertiary alicyclic amines) is 1. The topological polar surface area (TPSA) is 52.7 Å². The van der Waals surface area contributed by atoms with Crippen molar-refractivity contribution in [2.45, 2.75) is 64.0 Å². The van der Waals surface area contributed by atoms with Gasteiger partial charge in [0.1, 0.15) is 5.54 Å². The van der Waals surface area contributed by atoms with E-state index in [1.807, 2.05) is 0 Å². The van der Waals surface area contributed by atoms with Gasteiger partial charge in [0.15, 0.2) is 0 Å². The van der Waals surface area contributed by atoms with Crippen molar-refractivity contribution in [1.29, 1.82) is 0 Å². The predicted molar refractivity (Wildman–Crippen MR) is 80.9 cm³/mol. The van der Waals surface area contributed by atoms with Gasteiger partial charge >= 0.3 is 6.03 Å². The highest BCUT2D eigenvalue weighted by molar-refractivity contribution is 6.06. The summed E-state index contributed by atoms with van der Waals surface area (Å²) in [5.74, 6) is 0.747. The summed E-state index contributed by atoms with van der Waals surface area (Å²) in [6, 6.07) is 0.448. The van der Waals surface area contributed by atoms with Crippen molar-refractivity contribution in [3.63, 3.8) is 0 Å². The Morgan fingerprint density at radius 1 is 1.10 bits per heavy atom. The largest absolute Gasteiger partial charge is 0.325 e. The minimum absolute atomic E-state index is 0.0929. The van der Waals surface area contributed by atoms with Gasteiger partial charge in [0, 0.05) is 19.1 Å². The summed E-state index contributed by atoms with van der Waals surface area (Å²) in [6.45, 7) is 6.01. The molecule has 3 aliphatic rings. The van der Waals surface area contributed by atoms with Crippen LogP contribution >= 0.6 is 0 Å². The number of rotatable bonds is 3. The van der Waals surface area contributed by atoms with Gasteiger partial charge in [0.25, 0.3) is 5.91 Å². The molecule has 1 saturated carbocycles. The van der Waals surface area contributed by atoms with Crippen molar-refractivity contribution in [3.8, 4) is 0 Å². The molecule has 2 saturated heterocycles. The van der Waals surface area contributed by atoms with Crippen LogP contribution in [0.4, 0.5) is 4.79 Å². The van der Waals surface area contributed by atoms with Gasteiger partial charge in [-0.05, 0) is 52.0 Å². The summed E-state index contributed by atoms with van der Waals surface area (Å²) in [5, 5.41) is 2.76. The third kappa shape index (κ3) is 2.80. The second-order valence-electron chi connectivity index (χ2n) is 7.30. The summed E-state index contributed by atoms with van der Waals surface area (Å²) in [4.78, 5) is 28.1. The van der Waals surface area contributed by atoms with Crippen LogP contribution in [0.1, 0.15) is 52.4 Å². The number of fused-ring (bicyclic) bond motifs is 1. The lowest BCUT2D eigenvalue weighted by Crippen LogP contribution is -2.50. The van der Waals surface area contributed by atoms with Crippen molar-refractivity contribution >= 4 is 11.9 Å². The van der Waals surface area contributed by atoms with Crippen molar-refractivity contribution in [3.05, 3.63) is 0 Å². The van der Waals surface area contributed by atoms with E-state index in [2.05, 4.69) is 10.2 Å². The number of amides is 3. The number of nitrogens with one attached hydrogen (secondary N) is 1. The fourth-order valence-electron chi connectivity index (χ4n) is 4.25. The summed E-state index contributed by atoms with van der Waals surface area (Å²) < 4.78 is 0. The van der Waals surface area contributed by atoms with Gasteiger partial charge < -0.3 is 5.32 Å². The zero-order valence-corrected chi connectivity index (χ0v) is 13.2. The third-order valence-corrected chi connectivity index (χ3v) is 5.41. The maximum absolute atomic E-state index is 12.2. The van der Waals surface area contributed by atoms with Crippen LogP contribution in [0.5, 0.6) is 0 Å². The van der Waals surface area contributed by atoms with Crippen molar-refractivity contribution < 1.29 is 9.59 Å². The molecule has 118 valence electrons. The number of hydrogen-bond acceptors (Lipinski definition) is 3. The number of nitrogens with zero attached hydrogens (tertiary/aromatic N) is 2. The molecule has 0 aromatic carbocycles. The third-order valence-electron chi connectivity index (χ3n) is 5.41. The highest BCUT2D eigenvalue weighted by Gasteiger charge is 2.44. The van der Waals surface area contributed by atoms with Crippen molar-refractivity contribution in [2.24, 2.45) is 5.92 Å². The lowest BCUT2D eigenvalue weighted by molar-refractivity contribution is -0.130. The maximum Gasteiger partial charge on any atom is 0.325 e. The van der Waals surface area contributed by atoms with E-state index < -0.39 is 5.54 Å². The number of urea groups is 1. The first-order chi connectivity index (χ1) is 9.99. The second-order valence-corrected chi connectivity index (χ2v) is 7.30. The summed E-state index contributed by atoms with van der Waals surface area (Å²) in [7, 11) is 0. The van der Waals surface area contributed by atoms with E-state index in [1.165, 1.54) is 43.4 Å². The van der Waals surface area contributed by atoms with Crippen LogP contribution in [-0.4, -0.2) is 53.0 Å². The summed E-state index contributed by atoms with van der Waals surface area (Å²) >= 11 is 0. The van der Waals surface area contributed by atoms with E-state index in [9.17, 15) is 9.59 Å². The molecule has 0 radical (unpaired) electrons. The van der Waals surface area contributed by atoms with Gasteiger partial charge in [0.2, 0.25) is 0 Å². The molecule has 0 unspecified atom stereocenters. The second kappa shape index (κ2) is 5.59. The van der Waals surface area contributed by atoms with E-state index in [-0.39, 0.29) is 11.9 Å². The first kappa shape index (κ1) is 14.8. The number of carbonyl (C=O) groups is 2. The molecule has 21 heavy (non-hydrogen) atoms. The standard InChI is InChI=1S/C16H27N3O2/c1-16(2)14(20)19(15(21)17-16)11-10-18-9-5-7-12-6-3-4-8-13(12)18/h12-13H,3-11H2,1-2H3,(H,17,21)/t12-,13+/m0/s1. The number of hydrogen-bond donors (Lipinski definition) is 1. The number of carbonyl (C=O) groups excluding carboxylic acids is 2. The molecular formula is C16H27N3O2. The van der Waals surface area contributed by atoms with Crippen LogP contribution in [-0.2, 0) is 4.79 Å². The minimum Gasteiger partial charge on any atom is -0.324 e. The Bertz CT molecular complexity index is 433. The fourth-order valence-corrected chi connectivity index (χ4v) is 4.25. The first-order valence-electron chi connectivity index (χ1n) is 8.37. The molecule has 5 nitrogen and oxygen atoms in total. The van der Waals surface area contributed by atoms with Crippen LogP contribution in [0, 0.1) is 5.92 Å². The Kier molecular flexibility index (Phi) is 3.95. The van der Waals surface area contributed by atoms with Crippen LogP contribution < -0.4 is 5.32 Å². The zero-order chi connectivity index (χ0) is 15.0. The van der Waals surface area contributed by atoms with Gasteiger partial charge in [-0.1, -0.05) is 12.8 Å². The van der Waals surface area contributed by atoms with E-state index in [1.54, 1.807) is 13.8 Å². The van der Waals surface area contributed by atoms with Crippen LogP contribution in [0.3, 0.4) is 0 Å². The van der Waals surface area contributed by atoms with E-state index in [4.69, 9.17) is 0 Å². The molecule has 5 heteroatoms. The molecule has 3 rings (SSSR count). The average Bonchev–Trinajstić information content (AvgIpc) is 2.65. The molecule has 0 aromatic heterocycles. The Hall–Kier alpha value is -1.10. The molecular weight excluding hydrogens is 266 g/mol. The van der Waals surface area contributed by atoms with Gasteiger partial charge in [-0.25, -0.2) is 4.79 Å². The summed E-state index contributed by atoms with van der Waals surface area (Å²) in [6.07, 6.45) is 7.96. The monoisotopic (exact) mass is 293 g/mol. The van der Waals surface area contributed by atoms with E-state index in [0.29, 0.717) is 12.6 Å². The van der Waals surface area contributed by atoms with Gasteiger partial charge in [-0.3, -0.25) is 14.6 Å². The zero-order valence-electron chi connectivity index (χ0n) is 13.2. The van der Waals surface area contributed by atoms with E-state index in [0.717, 1.165) is 19.0 Å². The Morgan fingerprint density at radius 3 is 2.52 bits per heavy atom. The predicted octanol–water partition coefficient (Wildman–Crippen LogP) is 1.97. The lowest BCUT2D eigenvalue weighted by atomic mass is 9.78. The summed E-state index contributed by atoms with van der Waals surface area (Å²) in [5.41, 5.74) is -0.744. The first-order valence-corrected chi connectivity index (χ1v) is 8.37. The fraction of sp³-hybridized carbons (Fsp3) is 0.875. The molecule has 0 spiro atoms. The molecule has 0 aromatic rings. The van der Waals surface area contributed by atoms with Crippen LogP contribution in [0.15, 0.2) is 0 Å². The Labute approximate surface area is 127 Å². The minimum atomic E-state index is -0.744. The van der Waals surface area contributed by atoms with Gasteiger partial charge in [-0.15, -0.1) is 0 Å². The Balaban J connectivity index is 1.59. The number of imide groups is 1. The molecule has 3 fully saturated rings.